The molecular formula is C9H11N3O4. The molecule has 0 aromatic carbocycles. The van der Waals surface area contributed by atoms with Crippen molar-refractivity contribution in [3.63, 3.8) is 0 Å². The Morgan fingerprint density at radius 2 is 2.31 bits per heavy atom. The minimum Gasteiger partial charge on any atom is -0.480 e. The Kier molecular flexibility index (Phi) is 3.39. The van der Waals surface area contributed by atoms with Crippen molar-refractivity contribution < 1.29 is 14.8 Å². The maximum atomic E-state index is 10.6. The molecule has 1 aromatic heterocycles. The fourth-order valence-electron chi connectivity index (χ4n) is 1.08. The van der Waals surface area contributed by atoms with Gasteiger partial charge in [-0.05, 0) is 19.4 Å². The molecule has 1 aromatic rings. The zero-order valence-electron chi connectivity index (χ0n) is 8.80. The number of hydrogen-bond donors (Lipinski definition) is 2. The van der Waals surface area contributed by atoms with E-state index in [4.69, 9.17) is 5.11 Å². The van der Waals surface area contributed by atoms with Crippen LogP contribution in [0.3, 0.4) is 0 Å². The number of anilines is 1. The summed E-state index contributed by atoms with van der Waals surface area (Å²) in [5.74, 6) is -0.681. The monoisotopic (exact) mass is 225 g/mol. The summed E-state index contributed by atoms with van der Waals surface area (Å²) in [6.45, 7) is 3.09. The first-order valence-electron chi connectivity index (χ1n) is 4.52. The van der Waals surface area contributed by atoms with E-state index in [2.05, 4.69) is 10.3 Å². The molecule has 0 saturated heterocycles. The van der Waals surface area contributed by atoms with Crippen molar-refractivity contribution >= 4 is 17.5 Å². The number of rotatable bonds is 4. The van der Waals surface area contributed by atoms with Gasteiger partial charge in [-0.1, -0.05) is 0 Å². The summed E-state index contributed by atoms with van der Waals surface area (Å²) in [6, 6.07) is 0.539. The average Bonchev–Trinajstić information content (AvgIpc) is 2.20. The third-order valence-electron chi connectivity index (χ3n) is 2.00. The zero-order chi connectivity index (χ0) is 12.3. The van der Waals surface area contributed by atoms with E-state index < -0.39 is 16.9 Å². The van der Waals surface area contributed by atoms with Crippen molar-refractivity contribution in [1.29, 1.82) is 0 Å². The van der Waals surface area contributed by atoms with E-state index in [1.807, 2.05) is 0 Å². The summed E-state index contributed by atoms with van der Waals surface area (Å²) < 4.78 is 0. The molecule has 1 unspecified atom stereocenters. The van der Waals surface area contributed by atoms with E-state index in [1.165, 1.54) is 13.0 Å². The lowest BCUT2D eigenvalue weighted by molar-refractivity contribution is -0.385. The molecule has 0 radical (unpaired) electrons. The molecule has 2 N–H and O–H groups in total. The standard InChI is InChI=1S/C9H11N3O4/c1-5-3-7(12(15)16)4-10-8(5)11-6(2)9(13)14/h3-4,6H,1-2H3,(H,10,11)(H,13,14). The van der Waals surface area contributed by atoms with Crippen LogP contribution in [0.1, 0.15) is 12.5 Å². The first kappa shape index (κ1) is 11.9. The second kappa shape index (κ2) is 4.56. The quantitative estimate of drug-likeness (QED) is 0.588. The second-order valence-corrected chi connectivity index (χ2v) is 3.32. The van der Waals surface area contributed by atoms with Gasteiger partial charge in [0.05, 0.1) is 4.92 Å². The van der Waals surface area contributed by atoms with E-state index in [0.29, 0.717) is 11.4 Å². The first-order valence-corrected chi connectivity index (χ1v) is 4.52. The van der Waals surface area contributed by atoms with Gasteiger partial charge < -0.3 is 10.4 Å². The van der Waals surface area contributed by atoms with Crippen LogP contribution in [0, 0.1) is 17.0 Å². The predicted molar refractivity (Wildman–Crippen MR) is 56.3 cm³/mol. The van der Waals surface area contributed by atoms with Crippen LogP contribution >= 0.6 is 0 Å². The highest BCUT2D eigenvalue weighted by Crippen LogP contribution is 2.18. The molecule has 0 fully saturated rings. The van der Waals surface area contributed by atoms with Crippen molar-refractivity contribution in [3.05, 3.63) is 27.9 Å². The summed E-state index contributed by atoms with van der Waals surface area (Å²) >= 11 is 0. The highest BCUT2D eigenvalue weighted by molar-refractivity contribution is 5.76. The van der Waals surface area contributed by atoms with Crippen LogP contribution in [0.25, 0.3) is 0 Å². The number of hydrogen-bond acceptors (Lipinski definition) is 5. The van der Waals surface area contributed by atoms with Gasteiger partial charge in [0.1, 0.15) is 18.1 Å². The molecule has 0 bridgehead atoms. The van der Waals surface area contributed by atoms with Crippen LogP contribution in [0.2, 0.25) is 0 Å². The Hall–Kier alpha value is -2.18. The lowest BCUT2D eigenvalue weighted by Gasteiger charge is -2.11. The zero-order valence-corrected chi connectivity index (χ0v) is 8.80. The number of carboxylic acids is 1. The maximum Gasteiger partial charge on any atom is 0.325 e. The van der Waals surface area contributed by atoms with Crippen molar-refractivity contribution in [2.75, 3.05) is 5.32 Å². The predicted octanol–water partition coefficient (Wildman–Crippen LogP) is 1.18. The summed E-state index contributed by atoms with van der Waals surface area (Å²) in [5, 5.41) is 21.8. The molecule has 1 atom stereocenters. The first-order chi connectivity index (χ1) is 7.41. The van der Waals surface area contributed by atoms with Gasteiger partial charge in [0, 0.05) is 6.07 Å². The highest BCUT2D eigenvalue weighted by atomic mass is 16.6. The Labute approximate surface area is 91.3 Å². The Balaban J connectivity index is 2.91. The van der Waals surface area contributed by atoms with Gasteiger partial charge in [0.25, 0.3) is 5.69 Å². The Morgan fingerprint density at radius 1 is 1.69 bits per heavy atom. The normalized spacial score (nSPS) is 11.9. The molecule has 1 rings (SSSR count). The molecule has 0 spiro atoms. The fraction of sp³-hybridized carbons (Fsp3) is 0.333. The fourth-order valence-corrected chi connectivity index (χ4v) is 1.08. The van der Waals surface area contributed by atoms with Crippen LogP contribution in [0.5, 0.6) is 0 Å². The van der Waals surface area contributed by atoms with Crippen molar-refractivity contribution in [1.82, 2.24) is 4.98 Å². The van der Waals surface area contributed by atoms with E-state index in [9.17, 15) is 14.9 Å². The Morgan fingerprint density at radius 3 is 2.75 bits per heavy atom. The molecule has 7 heteroatoms. The number of carbonyl (C=O) groups is 1. The van der Waals surface area contributed by atoms with Crippen LogP contribution < -0.4 is 5.32 Å². The number of pyridine rings is 1. The topological polar surface area (TPSA) is 105 Å². The molecule has 0 saturated carbocycles. The minimum atomic E-state index is -1.01. The van der Waals surface area contributed by atoms with Crippen molar-refractivity contribution in [3.8, 4) is 0 Å². The Bertz CT molecular complexity index is 433. The lowest BCUT2D eigenvalue weighted by atomic mass is 10.2. The van der Waals surface area contributed by atoms with E-state index in [-0.39, 0.29) is 5.69 Å². The van der Waals surface area contributed by atoms with Crippen molar-refractivity contribution in [2.45, 2.75) is 19.9 Å². The molecule has 0 aliphatic heterocycles. The van der Waals surface area contributed by atoms with Crippen LogP contribution in [0.4, 0.5) is 11.5 Å². The highest BCUT2D eigenvalue weighted by Gasteiger charge is 2.14. The van der Waals surface area contributed by atoms with E-state index in [0.717, 1.165) is 6.20 Å². The van der Waals surface area contributed by atoms with Gasteiger partial charge in [-0.3, -0.25) is 14.9 Å². The summed E-state index contributed by atoms with van der Waals surface area (Å²) in [6.07, 6.45) is 1.09. The van der Waals surface area contributed by atoms with Crippen LogP contribution in [0.15, 0.2) is 12.3 Å². The number of nitrogens with zero attached hydrogens (tertiary/aromatic N) is 2. The molecule has 16 heavy (non-hydrogen) atoms. The summed E-state index contributed by atoms with van der Waals surface area (Å²) in [7, 11) is 0. The maximum absolute atomic E-state index is 10.6. The minimum absolute atomic E-state index is 0.119. The van der Waals surface area contributed by atoms with E-state index in [1.54, 1.807) is 6.92 Å². The SMILES string of the molecule is Cc1cc([N+](=O)[O-])cnc1NC(C)C(=O)O. The molecule has 0 aliphatic carbocycles. The number of aryl methyl sites for hydroxylation is 1. The summed E-state index contributed by atoms with van der Waals surface area (Å²) in [5.41, 5.74) is 0.410. The van der Waals surface area contributed by atoms with E-state index >= 15 is 0 Å². The second-order valence-electron chi connectivity index (χ2n) is 3.32. The van der Waals surface area contributed by atoms with Gasteiger partial charge in [-0.25, -0.2) is 4.98 Å². The van der Waals surface area contributed by atoms with Crippen LogP contribution in [-0.4, -0.2) is 27.0 Å². The molecule has 1 heterocycles. The van der Waals surface area contributed by atoms with Crippen LogP contribution in [-0.2, 0) is 4.79 Å². The van der Waals surface area contributed by atoms with Gasteiger partial charge in [0.15, 0.2) is 0 Å². The van der Waals surface area contributed by atoms with Gasteiger partial charge >= 0.3 is 5.97 Å². The molecule has 0 amide bonds. The number of nitrogens with one attached hydrogen (secondary N) is 1. The number of nitro groups is 1. The molecule has 0 aliphatic rings. The number of carboxylic acid groups (broad SMARTS) is 1. The number of aromatic nitrogens is 1. The largest absolute Gasteiger partial charge is 0.480 e. The molecule has 7 nitrogen and oxygen atoms in total. The molecular weight excluding hydrogens is 214 g/mol. The van der Waals surface area contributed by atoms with Gasteiger partial charge in [0.2, 0.25) is 0 Å². The number of aliphatic carboxylic acids is 1. The summed E-state index contributed by atoms with van der Waals surface area (Å²) in [4.78, 5) is 24.3. The van der Waals surface area contributed by atoms with Gasteiger partial charge in [-0.2, -0.15) is 0 Å². The average molecular weight is 225 g/mol. The third-order valence-corrected chi connectivity index (χ3v) is 2.00. The van der Waals surface area contributed by atoms with Gasteiger partial charge in [-0.15, -0.1) is 0 Å². The smallest absolute Gasteiger partial charge is 0.325 e. The molecule has 86 valence electrons. The lowest BCUT2D eigenvalue weighted by Crippen LogP contribution is -2.26. The van der Waals surface area contributed by atoms with Crippen molar-refractivity contribution in [2.24, 2.45) is 0 Å². The third kappa shape index (κ3) is 2.66.